The zero-order chi connectivity index (χ0) is 28.3. The van der Waals surface area contributed by atoms with Crippen LogP contribution in [-0.2, 0) is 6.67 Å². The lowest BCUT2D eigenvalue weighted by Crippen LogP contribution is -2.67. The third-order valence-electron chi connectivity index (χ3n) is 8.43. The van der Waals surface area contributed by atoms with Crippen LogP contribution in [0, 0.1) is 0 Å². The smallest absolute Gasteiger partial charge is 0.249 e. The quantitative estimate of drug-likeness (QED) is 0.218. The van der Waals surface area contributed by atoms with Crippen molar-refractivity contribution in [2.24, 2.45) is 0 Å². The van der Waals surface area contributed by atoms with E-state index in [4.69, 9.17) is 9.97 Å². The molecule has 0 aliphatic carbocycles. The van der Waals surface area contributed by atoms with Gasteiger partial charge in [0.1, 0.15) is 11.0 Å². The lowest BCUT2D eigenvalue weighted by Gasteiger charge is -2.05. The molecule has 0 atom stereocenters. The molecule has 0 saturated carbocycles. The first-order valence-electron chi connectivity index (χ1n) is 14.4. The predicted octanol–water partition coefficient (Wildman–Crippen LogP) is 5.36. The lowest BCUT2D eigenvalue weighted by molar-refractivity contribution is -1.27. The summed E-state index contributed by atoms with van der Waals surface area (Å²) in [5.74, 6) is 0. The van der Waals surface area contributed by atoms with E-state index in [1.165, 1.54) is 10.8 Å². The zero-order valence-corrected chi connectivity index (χ0v) is 23.2. The molecule has 43 heavy (non-hydrogen) atoms. The topological polar surface area (TPSA) is 41.3 Å². The highest BCUT2D eigenvalue weighted by Gasteiger charge is 2.31. The standard InChI is InChI=1S/C37H26N6/c1-7-26-13-15-28-9-3-21-40(34(28)32(26)38-19-1)25-41-22-4-10-30-17-18-31-12-6-24-43(37(31)36(30)41)42-23-5-11-29-16-14-27-8-2-20-39-33(27)35(29)42/h1-24H,25H2/q+4. The van der Waals surface area contributed by atoms with Crippen LogP contribution < -0.4 is 18.5 Å². The highest BCUT2D eigenvalue weighted by molar-refractivity contribution is 6.02. The molecule has 6 nitrogen and oxygen atoms in total. The molecule has 0 amide bonds. The molecule has 9 rings (SSSR count). The van der Waals surface area contributed by atoms with Gasteiger partial charge in [-0.1, -0.05) is 24.3 Å². The molecule has 0 fully saturated rings. The fourth-order valence-corrected chi connectivity index (χ4v) is 6.54. The Morgan fingerprint density at radius 3 is 1.42 bits per heavy atom. The second-order valence-electron chi connectivity index (χ2n) is 10.9. The van der Waals surface area contributed by atoms with Gasteiger partial charge in [-0.25, -0.2) is 9.97 Å². The molecule has 0 radical (unpaired) electrons. The van der Waals surface area contributed by atoms with Crippen LogP contribution in [0.15, 0.2) is 146 Å². The van der Waals surface area contributed by atoms with E-state index in [0.29, 0.717) is 6.67 Å². The molecule has 0 spiro atoms. The Labute approximate surface area is 246 Å². The molecule has 3 aromatic carbocycles. The van der Waals surface area contributed by atoms with E-state index < -0.39 is 0 Å². The third kappa shape index (κ3) is 3.66. The van der Waals surface area contributed by atoms with Gasteiger partial charge in [0.15, 0.2) is 12.4 Å². The Balaban J connectivity index is 1.35. The number of fused-ring (bicyclic) bond motifs is 9. The van der Waals surface area contributed by atoms with E-state index in [-0.39, 0.29) is 0 Å². The molecule has 6 heteroatoms. The first kappa shape index (κ1) is 23.8. The van der Waals surface area contributed by atoms with Crippen LogP contribution in [0.4, 0.5) is 0 Å². The maximum absolute atomic E-state index is 4.82. The minimum absolute atomic E-state index is 0.628. The largest absolute Gasteiger partial charge is 0.355 e. The van der Waals surface area contributed by atoms with Crippen LogP contribution in [0.1, 0.15) is 0 Å². The van der Waals surface area contributed by atoms with Crippen molar-refractivity contribution < 1.29 is 18.5 Å². The van der Waals surface area contributed by atoms with Gasteiger partial charge in [0.25, 0.3) is 5.52 Å². The van der Waals surface area contributed by atoms with Gasteiger partial charge in [0.05, 0.1) is 25.5 Å². The van der Waals surface area contributed by atoms with Crippen LogP contribution in [-0.4, -0.2) is 9.97 Å². The van der Waals surface area contributed by atoms with Crippen LogP contribution in [0.25, 0.3) is 65.4 Å². The second-order valence-corrected chi connectivity index (χ2v) is 10.9. The molecule has 0 aliphatic rings. The number of benzene rings is 3. The summed E-state index contributed by atoms with van der Waals surface area (Å²) in [7, 11) is 0. The van der Waals surface area contributed by atoms with E-state index in [0.717, 1.165) is 54.6 Å². The highest BCUT2D eigenvalue weighted by atomic mass is 15.4. The Kier molecular flexibility index (Phi) is 5.16. The summed E-state index contributed by atoms with van der Waals surface area (Å²) >= 11 is 0. The van der Waals surface area contributed by atoms with E-state index in [1.807, 2.05) is 24.5 Å². The number of rotatable bonds is 3. The van der Waals surface area contributed by atoms with Crippen LogP contribution in [0.2, 0.25) is 0 Å². The predicted molar refractivity (Wildman–Crippen MR) is 167 cm³/mol. The summed E-state index contributed by atoms with van der Waals surface area (Å²) in [4.78, 5) is 9.60. The van der Waals surface area contributed by atoms with Crippen LogP contribution in [0.5, 0.6) is 0 Å². The molecule has 0 N–H and O–H groups in total. The Hall–Kier alpha value is -5.88. The molecule has 0 unspecified atom stereocenters. The van der Waals surface area contributed by atoms with E-state index in [9.17, 15) is 0 Å². The molecule has 200 valence electrons. The number of hydrogen-bond donors (Lipinski definition) is 0. The van der Waals surface area contributed by atoms with Crippen molar-refractivity contribution >= 4 is 65.4 Å². The average Bonchev–Trinajstić information content (AvgIpc) is 3.07. The third-order valence-corrected chi connectivity index (χ3v) is 8.43. The summed E-state index contributed by atoms with van der Waals surface area (Å²) < 4.78 is 9.14. The molecule has 6 aromatic heterocycles. The van der Waals surface area contributed by atoms with Crippen molar-refractivity contribution in [1.82, 2.24) is 9.97 Å². The molecule has 0 bridgehead atoms. The summed E-state index contributed by atoms with van der Waals surface area (Å²) in [6.07, 6.45) is 12.3. The van der Waals surface area contributed by atoms with Gasteiger partial charge in [0.2, 0.25) is 17.9 Å². The first-order chi connectivity index (χ1) is 21.3. The number of aromatic nitrogens is 6. The van der Waals surface area contributed by atoms with Gasteiger partial charge in [-0.05, 0) is 60.7 Å². The maximum atomic E-state index is 4.82. The van der Waals surface area contributed by atoms with Gasteiger partial charge in [-0.3, -0.25) is 0 Å². The highest BCUT2D eigenvalue weighted by Crippen LogP contribution is 2.23. The number of hydrogen-bond acceptors (Lipinski definition) is 2. The Bertz CT molecular complexity index is 2560. The molecular formula is C37H26N6+4. The van der Waals surface area contributed by atoms with Crippen molar-refractivity contribution in [1.29, 1.82) is 0 Å². The fraction of sp³-hybridized carbons (Fsp3) is 0.0270. The van der Waals surface area contributed by atoms with Gasteiger partial charge >= 0.3 is 17.7 Å². The fourth-order valence-electron chi connectivity index (χ4n) is 6.54. The summed E-state index contributed by atoms with van der Waals surface area (Å²) in [6.45, 7) is 0.628. The van der Waals surface area contributed by atoms with Gasteiger partial charge in [0, 0.05) is 52.8 Å². The first-order valence-corrected chi connectivity index (χ1v) is 14.4. The van der Waals surface area contributed by atoms with E-state index in [1.54, 1.807) is 0 Å². The van der Waals surface area contributed by atoms with Crippen LogP contribution >= 0.6 is 0 Å². The van der Waals surface area contributed by atoms with Gasteiger partial charge < -0.3 is 0 Å². The summed E-state index contributed by atoms with van der Waals surface area (Å²) in [5, 5.41) is 6.88. The van der Waals surface area contributed by atoms with Crippen molar-refractivity contribution in [2.45, 2.75) is 6.67 Å². The molecule has 6 heterocycles. The van der Waals surface area contributed by atoms with Crippen molar-refractivity contribution in [3.8, 4) is 0 Å². The molecular weight excluding hydrogens is 528 g/mol. The zero-order valence-electron chi connectivity index (χ0n) is 23.2. The normalized spacial score (nSPS) is 11.8. The van der Waals surface area contributed by atoms with E-state index >= 15 is 0 Å². The maximum Gasteiger partial charge on any atom is 0.355 e. The Morgan fingerprint density at radius 1 is 0.372 bits per heavy atom. The minimum Gasteiger partial charge on any atom is -0.249 e. The Morgan fingerprint density at radius 2 is 0.791 bits per heavy atom. The minimum atomic E-state index is 0.628. The van der Waals surface area contributed by atoms with Crippen molar-refractivity contribution in [3.63, 3.8) is 0 Å². The number of nitrogens with zero attached hydrogens (tertiary/aromatic N) is 6. The van der Waals surface area contributed by atoms with Gasteiger partial charge in [-0.15, -0.1) is 9.13 Å². The van der Waals surface area contributed by atoms with E-state index in [2.05, 4.69) is 140 Å². The molecule has 0 aliphatic heterocycles. The van der Waals surface area contributed by atoms with Crippen molar-refractivity contribution in [3.05, 3.63) is 146 Å². The summed E-state index contributed by atoms with van der Waals surface area (Å²) in [6, 6.07) is 38.5. The van der Waals surface area contributed by atoms with Crippen LogP contribution in [0.3, 0.4) is 0 Å². The molecule has 9 aromatic rings. The second kappa shape index (κ2) is 9.33. The number of pyridine rings is 6. The monoisotopic (exact) mass is 554 g/mol. The van der Waals surface area contributed by atoms with Gasteiger partial charge in [-0.2, -0.15) is 0 Å². The SMILES string of the molecule is c1cnc2c(c1)ccc1ccc[n+](C[n+]3cccc4ccc5ccc[n+](-[n+]6cccc7ccc8cccnc8c76)c5c43)c12. The molecule has 0 saturated heterocycles. The van der Waals surface area contributed by atoms with Crippen molar-refractivity contribution in [2.75, 3.05) is 0 Å². The lowest BCUT2D eigenvalue weighted by atomic mass is 10.1. The average molecular weight is 555 g/mol. The summed E-state index contributed by atoms with van der Waals surface area (Å²) in [5.41, 5.74) is 6.44.